The van der Waals surface area contributed by atoms with Crippen LogP contribution in [0.1, 0.15) is 105 Å². The van der Waals surface area contributed by atoms with Crippen molar-refractivity contribution in [3.63, 3.8) is 0 Å². The molecule has 13 heteroatoms. The summed E-state index contributed by atoms with van der Waals surface area (Å²) in [7, 11) is 0. The van der Waals surface area contributed by atoms with Crippen molar-refractivity contribution in [1.82, 2.24) is 0 Å². The molecular formula is C24H44O12Ti. The van der Waals surface area contributed by atoms with E-state index >= 15 is 0 Å². The number of carbonyl (C=O) groups excluding carboxylic acids is 4. The summed E-state index contributed by atoms with van der Waals surface area (Å²) in [6.45, 7) is 7.73. The summed E-state index contributed by atoms with van der Waals surface area (Å²) in [5.41, 5.74) is 0. The van der Waals surface area contributed by atoms with Gasteiger partial charge in [0.15, 0.2) is 0 Å². The molecule has 12 nitrogen and oxygen atoms in total. The van der Waals surface area contributed by atoms with Gasteiger partial charge in [-0.25, -0.2) is 0 Å². The van der Waals surface area contributed by atoms with Crippen LogP contribution in [0.15, 0.2) is 0 Å². The van der Waals surface area contributed by atoms with Crippen LogP contribution >= 0.6 is 0 Å². The number of aliphatic hydroxyl groups excluding tert-OH is 4. The Bertz CT molecular complexity index is 464. The molecule has 0 heterocycles. The minimum Gasteiger partial charge on any atom is -0.547 e. The summed E-state index contributed by atoms with van der Waals surface area (Å²) < 4.78 is 0. The van der Waals surface area contributed by atoms with Crippen LogP contribution in [0, 0.1) is 0 Å². The topological polar surface area (TPSA) is 241 Å². The SMILES string of the molecule is CCCCC(O)C(=O)[O-].CCCCC(O)C(=O)[O-].CCCCC(O)C(=O)[O-].CCCCC(O)C(=O)[O-].[Ti+4]. The molecule has 0 rings (SSSR count). The van der Waals surface area contributed by atoms with Crippen molar-refractivity contribution < 1.29 is 81.7 Å². The number of hydrogen-bond donors (Lipinski definition) is 4. The van der Waals surface area contributed by atoms with Crippen LogP contribution in [-0.2, 0) is 40.9 Å². The van der Waals surface area contributed by atoms with Gasteiger partial charge in [-0.15, -0.1) is 0 Å². The molecule has 0 saturated heterocycles. The molecule has 4 atom stereocenters. The molecule has 0 aliphatic heterocycles. The van der Waals surface area contributed by atoms with Crippen molar-refractivity contribution in [3.8, 4) is 0 Å². The monoisotopic (exact) mass is 572 g/mol. The third-order valence-electron chi connectivity index (χ3n) is 4.41. The summed E-state index contributed by atoms with van der Waals surface area (Å²) in [5.74, 6) is -5.49. The van der Waals surface area contributed by atoms with Crippen molar-refractivity contribution in [2.75, 3.05) is 0 Å². The summed E-state index contributed by atoms with van der Waals surface area (Å²) >= 11 is 0. The zero-order chi connectivity index (χ0) is 29.1. The van der Waals surface area contributed by atoms with Crippen molar-refractivity contribution in [2.24, 2.45) is 0 Å². The van der Waals surface area contributed by atoms with Crippen molar-refractivity contribution in [3.05, 3.63) is 0 Å². The Hall–Kier alpha value is -1.57. The Morgan fingerprint density at radius 3 is 0.676 bits per heavy atom. The zero-order valence-electron chi connectivity index (χ0n) is 22.3. The van der Waals surface area contributed by atoms with Crippen LogP contribution in [0.3, 0.4) is 0 Å². The van der Waals surface area contributed by atoms with E-state index in [0.29, 0.717) is 25.7 Å². The summed E-state index contributed by atoms with van der Waals surface area (Å²) in [5, 5.41) is 73.8. The molecule has 0 aromatic carbocycles. The molecule has 0 aromatic heterocycles. The summed E-state index contributed by atoms with van der Waals surface area (Å²) in [4.78, 5) is 39.4. The third-order valence-corrected chi connectivity index (χ3v) is 4.41. The molecule has 0 radical (unpaired) electrons. The molecule has 37 heavy (non-hydrogen) atoms. The molecular weight excluding hydrogens is 528 g/mol. The van der Waals surface area contributed by atoms with Gasteiger partial charge in [-0.1, -0.05) is 79.1 Å². The van der Waals surface area contributed by atoms with E-state index in [9.17, 15) is 39.6 Å². The number of rotatable bonds is 16. The Kier molecular flexibility index (Phi) is 39.8. The van der Waals surface area contributed by atoms with Gasteiger partial charge in [0.2, 0.25) is 0 Å². The predicted molar refractivity (Wildman–Crippen MR) is 122 cm³/mol. The Balaban J connectivity index is -0.000000122. The van der Waals surface area contributed by atoms with Gasteiger partial charge < -0.3 is 60.0 Å². The maximum absolute atomic E-state index is 9.84. The van der Waals surface area contributed by atoms with Gasteiger partial charge in [-0.05, 0) is 25.7 Å². The van der Waals surface area contributed by atoms with Gasteiger partial charge in [0.05, 0.1) is 48.3 Å². The number of aliphatic hydroxyl groups is 4. The van der Waals surface area contributed by atoms with Gasteiger partial charge in [0.25, 0.3) is 0 Å². The molecule has 0 amide bonds. The number of unbranched alkanes of at least 4 members (excludes halogenated alkanes) is 4. The first-order valence-electron chi connectivity index (χ1n) is 12.3. The predicted octanol–water partition coefficient (Wildman–Crippen LogP) is -2.85. The second kappa shape index (κ2) is 32.5. The molecule has 0 aromatic rings. The largest absolute Gasteiger partial charge is 4.00 e. The smallest absolute Gasteiger partial charge is 0.547 e. The Morgan fingerprint density at radius 1 is 0.459 bits per heavy atom. The number of hydrogen-bond acceptors (Lipinski definition) is 12. The second-order valence-electron chi connectivity index (χ2n) is 7.91. The van der Waals surface area contributed by atoms with Gasteiger partial charge in [-0.3, -0.25) is 0 Å². The number of carboxylic acid groups (broad SMARTS) is 4. The van der Waals surface area contributed by atoms with E-state index in [2.05, 4.69) is 0 Å². The molecule has 216 valence electrons. The van der Waals surface area contributed by atoms with E-state index in [1.54, 1.807) is 0 Å². The number of aliphatic carboxylic acids is 4. The van der Waals surface area contributed by atoms with Gasteiger partial charge in [0.1, 0.15) is 0 Å². The van der Waals surface area contributed by atoms with E-state index < -0.39 is 48.3 Å². The fourth-order valence-electron chi connectivity index (χ4n) is 2.06. The van der Waals surface area contributed by atoms with E-state index in [1.807, 2.05) is 27.7 Å². The first-order valence-corrected chi connectivity index (χ1v) is 12.3. The molecule has 0 aliphatic carbocycles. The molecule has 0 bridgehead atoms. The van der Waals surface area contributed by atoms with Crippen LogP contribution < -0.4 is 20.4 Å². The molecule has 0 fully saturated rings. The molecule has 4 unspecified atom stereocenters. The van der Waals surface area contributed by atoms with Gasteiger partial charge in [0, 0.05) is 0 Å². The van der Waals surface area contributed by atoms with Crippen LogP contribution in [0.2, 0.25) is 0 Å². The minimum absolute atomic E-state index is 0. The molecule has 0 saturated carbocycles. The summed E-state index contributed by atoms with van der Waals surface area (Å²) in [6.07, 6.45) is 2.62. The Labute approximate surface area is 234 Å². The van der Waals surface area contributed by atoms with Crippen molar-refractivity contribution in [1.29, 1.82) is 0 Å². The fourth-order valence-corrected chi connectivity index (χ4v) is 2.06. The second-order valence-corrected chi connectivity index (χ2v) is 7.91. The van der Waals surface area contributed by atoms with Gasteiger partial charge >= 0.3 is 21.7 Å². The molecule has 0 spiro atoms. The average Bonchev–Trinajstić information content (AvgIpc) is 2.83. The third kappa shape index (κ3) is 39.1. The van der Waals surface area contributed by atoms with E-state index in [1.165, 1.54) is 0 Å². The van der Waals surface area contributed by atoms with E-state index in [0.717, 1.165) is 51.4 Å². The average molecular weight is 572 g/mol. The first kappa shape index (κ1) is 45.4. The first-order chi connectivity index (χ1) is 16.7. The van der Waals surface area contributed by atoms with Crippen LogP contribution in [-0.4, -0.2) is 68.7 Å². The quantitative estimate of drug-likeness (QED) is 0.137. The zero-order valence-corrected chi connectivity index (χ0v) is 23.9. The standard InChI is InChI=1S/4C6H12O3.Ti/c4*1-2-3-4-5(7)6(8)9;/h4*5,7H,2-4H2,1H3,(H,8,9);/q;;;;+4/p-4. The normalized spacial score (nSPS) is 12.8. The Morgan fingerprint density at radius 2 is 0.595 bits per heavy atom. The maximum atomic E-state index is 9.84. The molecule has 0 aliphatic rings. The van der Waals surface area contributed by atoms with Crippen LogP contribution in [0.25, 0.3) is 0 Å². The van der Waals surface area contributed by atoms with Crippen LogP contribution in [0.4, 0.5) is 0 Å². The number of carbonyl (C=O) groups is 4. The molecule has 4 N–H and O–H groups in total. The van der Waals surface area contributed by atoms with E-state index in [-0.39, 0.29) is 21.7 Å². The summed E-state index contributed by atoms with van der Waals surface area (Å²) in [6, 6.07) is 0. The van der Waals surface area contributed by atoms with E-state index in [4.69, 9.17) is 20.4 Å². The van der Waals surface area contributed by atoms with Crippen LogP contribution in [0.5, 0.6) is 0 Å². The van der Waals surface area contributed by atoms with Crippen molar-refractivity contribution in [2.45, 2.75) is 129 Å². The number of carboxylic acids is 4. The minimum atomic E-state index is -1.37. The van der Waals surface area contributed by atoms with Crippen molar-refractivity contribution >= 4 is 23.9 Å². The maximum Gasteiger partial charge on any atom is 4.00 e. The van der Waals surface area contributed by atoms with Gasteiger partial charge in [-0.2, -0.15) is 0 Å². The fraction of sp³-hybridized carbons (Fsp3) is 0.833.